The molecule has 0 radical (unpaired) electrons. The molecule has 0 saturated heterocycles. The predicted molar refractivity (Wildman–Crippen MR) is 87.0 cm³/mol. The van der Waals surface area contributed by atoms with Crippen molar-refractivity contribution < 1.29 is 9.63 Å². The van der Waals surface area contributed by atoms with Crippen molar-refractivity contribution in [3.05, 3.63) is 11.7 Å². The van der Waals surface area contributed by atoms with Gasteiger partial charge in [-0.05, 0) is 44.4 Å². The van der Waals surface area contributed by atoms with E-state index in [1.165, 1.54) is 57.8 Å². The van der Waals surface area contributed by atoms with Gasteiger partial charge in [0.2, 0.25) is 5.89 Å². The molecule has 3 aliphatic rings. The van der Waals surface area contributed by atoms with Crippen molar-refractivity contribution >= 4 is 0 Å². The highest BCUT2D eigenvalue weighted by molar-refractivity contribution is 5.11. The summed E-state index contributed by atoms with van der Waals surface area (Å²) in [5, 5.41) is 18.5. The zero-order valence-electron chi connectivity index (χ0n) is 14.0. The first-order chi connectivity index (χ1) is 11.3. The Labute approximate surface area is 138 Å². The van der Waals surface area contributed by atoms with E-state index in [0.717, 1.165) is 24.6 Å². The van der Waals surface area contributed by atoms with E-state index in [1.54, 1.807) is 0 Å². The molecule has 128 valence electrons. The van der Waals surface area contributed by atoms with Crippen LogP contribution in [0.15, 0.2) is 4.52 Å². The Balaban J connectivity index is 1.42. The maximum Gasteiger partial charge on any atom is 0.229 e. The van der Waals surface area contributed by atoms with Gasteiger partial charge in [-0.25, -0.2) is 0 Å². The molecule has 1 heterocycles. The van der Waals surface area contributed by atoms with Gasteiger partial charge in [-0.15, -0.1) is 0 Å². The Bertz CT molecular complexity index is 514. The van der Waals surface area contributed by atoms with Crippen LogP contribution in [0.4, 0.5) is 0 Å². The lowest BCUT2D eigenvalue weighted by atomic mass is 9.85. The zero-order chi connectivity index (χ0) is 15.7. The Morgan fingerprint density at radius 2 is 1.83 bits per heavy atom. The van der Waals surface area contributed by atoms with Crippen LogP contribution in [0.3, 0.4) is 0 Å². The lowest BCUT2D eigenvalue weighted by molar-refractivity contribution is 0.0736. The minimum Gasteiger partial charge on any atom is -0.392 e. The molecular formula is C18H29N3O2. The van der Waals surface area contributed by atoms with Crippen LogP contribution >= 0.6 is 0 Å². The van der Waals surface area contributed by atoms with Gasteiger partial charge in [-0.3, -0.25) is 0 Å². The molecule has 1 atom stereocenters. The van der Waals surface area contributed by atoms with Gasteiger partial charge in [0.15, 0.2) is 5.82 Å². The first-order valence-electron chi connectivity index (χ1n) is 9.54. The second-order valence-corrected chi connectivity index (χ2v) is 7.87. The minimum atomic E-state index is -0.248. The van der Waals surface area contributed by atoms with E-state index < -0.39 is 0 Å². The Hall–Kier alpha value is -0.940. The molecule has 0 aromatic carbocycles. The van der Waals surface area contributed by atoms with Crippen LogP contribution in [0, 0.1) is 5.92 Å². The monoisotopic (exact) mass is 319 g/mol. The molecule has 5 heteroatoms. The molecule has 5 nitrogen and oxygen atoms in total. The SMILES string of the molecule is OC(CNC1(c2noc(C3CC3)n2)CCCC1)C1CCCCC1. The zero-order valence-corrected chi connectivity index (χ0v) is 14.0. The van der Waals surface area contributed by atoms with E-state index in [9.17, 15) is 5.11 Å². The van der Waals surface area contributed by atoms with Gasteiger partial charge in [0.1, 0.15) is 0 Å². The van der Waals surface area contributed by atoms with Crippen LogP contribution in [0.5, 0.6) is 0 Å². The third-order valence-corrected chi connectivity index (χ3v) is 6.10. The second kappa shape index (κ2) is 6.52. The summed E-state index contributed by atoms with van der Waals surface area (Å²) in [6.07, 6.45) is 12.8. The smallest absolute Gasteiger partial charge is 0.229 e. The van der Waals surface area contributed by atoms with Gasteiger partial charge in [0.05, 0.1) is 11.6 Å². The molecule has 1 aromatic rings. The molecule has 0 aliphatic heterocycles. The molecule has 4 rings (SSSR count). The molecule has 3 saturated carbocycles. The number of nitrogens with one attached hydrogen (secondary N) is 1. The van der Waals surface area contributed by atoms with Crippen molar-refractivity contribution in [3.63, 3.8) is 0 Å². The van der Waals surface area contributed by atoms with E-state index in [2.05, 4.69) is 10.5 Å². The minimum absolute atomic E-state index is 0.174. The summed E-state index contributed by atoms with van der Waals surface area (Å²) in [4.78, 5) is 4.69. The summed E-state index contributed by atoms with van der Waals surface area (Å²) >= 11 is 0. The first-order valence-corrected chi connectivity index (χ1v) is 9.54. The number of hydrogen-bond donors (Lipinski definition) is 2. The highest BCUT2D eigenvalue weighted by Gasteiger charge is 2.41. The van der Waals surface area contributed by atoms with Crippen molar-refractivity contribution in [2.45, 2.75) is 88.2 Å². The number of hydrogen-bond acceptors (Lipinski definition) is 5. The average molecular weight is 319 g/mol. The largest absolute Gasteiger partial charge is 0.392 e. The molecule has 0 amide bonds. The summed E-state index contributed by atoms with van der Waals surface area (Å²) in [5.74, 6) is 2.61. The predicted octanol–water partition coefficient (Wildman–Crippen LogP) is 3.25. The molecule has 3 fully saturated rings. The van der Waals surface area contributed by atoms with E-state index in [0.29, 0.717) is 18.4 Å². The van der Waals surface area contributed by atoms with Crippen LogP contribution in [-0.2, 0) is 5.54 Å². The van der Waals surface area contributed by atoms with E-state index >= 15 is 0 Å². The van der Waals surface area contributed by atoms with Crippen molar-refractivity contribution in [1.82, 2.24) is 15.5 Å². The van der Waals surface area contributed by atoms with Crippen LogP contribution in [0.1, 0.15) is 88.3 Å². The summed E-state index contributed by atoms with van der Waals surface area (Å²) in [5.41, 5.74) is -0.174. The van der Waals surface area contributed by atoms with Gasteiger partial charge >= 0.3 is 0 Å². The molecule has 1 aromatic heterocycles. The topological polar surface area (TPSA) is 71.2 Å². The lowest BCUT2D eigenvalue weighted by Crippen LogP contribution is -2.46. The fraction of sp³-hybridized carbons (Fsp3) is 0.889. The summed E-state index contributed by atoms with van der Waals surface area (Å²) < 4.78 is 5.49. The molecule has 2 N–H and O–H groups in total. The Morgan fingerprint density at radius 3 is 2.52 bits per heavy atom. The molecule has 0 spiro atoms. The highest BCUT2D eigenvalue weighted by Crippen LogP contribution is 2.42. The number of aliphatic hydroxyl groups is 1. The van der Waals surface area contributed by atoms with Crippen LogP contribution < -0.4 is 5.32 Å². The maximum atomic E-state index is 10.6. The highest BCUT2D eigenvalue weighted by atomic mass is 16.5. The molecule has 1 unspecified atom stereocenters. The van der Waals surface area contributed by atoms with E-state index in [4.69, 9.17) is 9.51 Å². The number of aromatic nitrogens is 2. The molecule has 23 heavy (non-hydrogen) atoms. The normalized spacial score (nSPS) is 26.5. The molecule has 0 bridgehead atoms. The third-order valence-electron chi connectivity index (χ3n) is 6.10. The molecule has 3 aliphatic carbocycles. The van der Waals surface area contributed by atoms with Crippen molar-refractivity contribution in [2.24, 2.45) is 5.92 Å². The van der Waals surface area contributed by atoms with Gasteiger partial charge in [0, 0.05) is 12.5 Å². The number of rotatable bonds is 6. The quantitative estimate of drug-likeness (QED) is 0.842. The van der Waals surface area contributed by atoms with Crippen LogP contribution in [0.2, 0.25) is 0 Å². The first kappa shape index (κ1) is 15.6. The van der Waals surface area contributed by atoms with Gasteiger partial charge in [0.25, 0.3) is 0 Å². The van der Waals surface area contributed by atoms with Crippen molar-refractivity contribution in [2.75, 3.05) is 6.54 Å². The Morgan fingerprint density at radius 1 is 1.09 bits per heavy atom. The van der Waals surface area contributed by atoms with Crippen molar-refractivity contribution in [3.8, 4) is 0 Å². The third kappa shape index (κ3) is 3.31. The second-order valence-electron chi connectivity index (χ2n) is 7.87. The average Bonchev–Trinajstić information content (AvgIpc) is 3.13. The summed E-state index contributed by atoms with van der Waals surface area (Å²) in [6, 6.07) is 0. The Kier molecular flexibility index (Phi) is 4.41. The van der Waals surface area contributed by atoms with Crippen LogP contribution in [0.25, 0.3) is 0 Å². The summed E-state index contributed by atoms with van der Waals surface area (Å²) in [7, 11) is 0. The van der Waals surface area contributed by atoms with Gasteiger partial charge in [-0.1, -0.05) is 37.3 Å². The maximum absolute atomic E-state index is 10.6. The van der Waals surface area contributed by atoms with E-state index in [1.807, 2.05) is 0 Å². The van der Waals surface area contributed by atoms with Gasteiger partial charge < -0.3 is 14.9 Å². The van der Waals surface area contributed by atoms with Crippen LogP contribution in [-0.4, -0.2) is 27.9 Å². The standard InChI is InChI=1S/C18H29N3O2/c22-15(13-6-2-1-3-7-13)12-19-18(10-4-5-11-18)17-20-16(23-21-17)14-8-9-14/h13-15,19,22H,1-12H2. The number of nitrogens with zero attached hydrogens (tertiary/aromatic N) is 2. The molecular weight excluding hydrogens is 290 g/mol. The number of aliphatic hydroxyl groups excluding tert-OH is 1. The summed E-state index contributed by atoms with van der Waals surface area (Å²) in [6.45, 7) is 0.651. The fourth-order valence-corrected chi connectivity index (χ4v) is 4.37. The van der Waals surface area contributed by atoms with Gasteiger partial charge in [-0.2, -0.15) is 4.98 Å². The van der Waals surface area contributed by atoms with E-state index in [-0.39, 0.29) is 11.6 Å². The fourth-order valence-electron chi connectivity index (χ4n) is 4.37. The lowest BCUT2D eigenvalue weighted by Gasteiger charge is -2.32. The van der Waals surface area contributed by atoms with Crippen molar-refractivity contribution in [1.29, 1.82) is 0 Å².